The van der Waals surface area contributed by atoms with E-state index in [1.54, 1.807) is 12.1 Å². The van der Waals surface area contributed by atoms with Crippen LogP contribution in [0.4, 0.5) is 4.39 Å². The average molecular weight is 248 g/mol. The monoisotopic (exact) mass is 248 g/mol. The van der Waals surface area contributed by atoms with Crippen LogP contribution in [-0.2, 0) is 11.2 Å². The summed E-state index contributed by atoms with van der Waals surface area (Å²) in [5.74, 6) is 1.14. The van der Waals surface area contributed by atoms with Gasteiger partial charge in [-0.15, -0.1) is 0 Å². The maximum absolute atomic E-state index is 13.1. The molecule has 2 aliphatic rings. The van der Waals surface area contributed by atoms with Crippen LogP contribution in [0.25, 0.3) is 0 Å². The Hall–Kier alpha value is -1.42. The van der Waals surface area contributed by atoms with Crippen LogP contribution >= 0.6 is 0 Å². The molecule has 2 heterocycles. The van der Waals surface area contributed by atoms with E-state index in [9.17, 15) is 4.39 Å². The van der Waals surface area contributed by atoms with Crippen molar-refractivity contribution < 1.29 is 9.13 Å². The van der Waals surface area contributed by atoms with Crippen LogP contribution in [0.5, 0.6) is 0 Å². The molecule has 3 rings (SSSR count). The number of ether oxygens (including phenoxy) is 1. The number of nitrogens with zero attached hydrogens (tertiary/aromatic N) is 1. The van der Waals surface area contributed by atoms with Gasteiger partial charge in [0, 0.05) is 12.5 Å². The van der Waals surface area contributed by atoms with Crippen LogP contribution in [-0.4, -0.2) is 31.6 Å². The number of rotatable bonds is 3. The van der Waals surface area contributed by atoms with Crippen molar-refractivity contribution in [3.8, 4) is 0 Å². The first kappa shape index (κ1) is 11.7. The van der Waals surface area contributed by atoms with Crippen LogP contribution in [0, 0.1) is 11.7 Å². The van der Waals surface area contributed by atoms with Gasteiger partial charge in [-0.1, -0.05) is 12.1 Å². The summed E-state index contributed by atoms with van der Waals surface area (Å²) in [6, 6.07) is 6.86. The topological polar surface area (TPSA) is 33.6 Å². The Morgan fingerprint density at radius 2 is 2.39 bits per heavy atom. The highest BCUT2D eigenvalue weighted by molar-refractivity contribution is 5.80. The number of aliphatic imine (C=N–C) groups is 1. The second kappa shape index (κ2) is 5.06. The van der Waals surface area contributed by atoms with Crippen molar-refractivity contribution in [2.75, 3.05) is 19.7 Å². The minimum Gasteiger partial charge on any atom is -0.478 e. The zero-order valence-corrected chi connectivity index (χ0v) is 10.2. The van der Waals surface area contributed by atoms with Crippen LogP contribution < -0.4 is 5.32 Å². The van der Waals surface area contributed by atoms with Crippen LogP contribution in [0.3, 0.4) is 0 Å². The third kappa shape index (κ3) is 2.53. The van der Waals surface area contributed by atoms with Gasteiger partial charge >= 0.3 is 0 Å². The molecule has 0 bridgehead atoms. The summed E-state index contributed by atoms with van der Waals surface area (Å²) in [6.45, 7) is 2.63. The maximum atomic E-state index is 13.1. The molecule has 1 fully saturated rings. The molecule has 1 aromatic rings. The van der Waals surface area contributed by atoms with Crippen molar-refractivity contribution in [2.24, 2.45) is 10.9 Å². The Labute approximate surface area is 106 Å². The van der Waals surface area contributed by atoms with E-state index in [4.69, 9.17) is 4.74 Å². The first-order chi connectivity index (χ1) is 8.81. The quantitative estimate of drug-likeness (QED) is 0.884. The Morgan fingerprint density at radius 1 is 1.44 bits per heavy atom. The fourth-order valence-corrected chi connectivity index (χ4v) is 2.57. The Morgan fingerprint density at radius 3 is 3.17 bits per heavy atom. The van der Waals surface area contributed by atoms with Crippen molar-refractivity contribution >= 4 is 5.90 Å². The van der Waals surface area contributed by atoms with Crippen LogP contribution in [0.1, 0.15) is 12.0 Å². The predicted molar refractivity (Wildman–Crippen MR) is 68.3 cm³/mol. The molecular formula is C14H17FN2O. The molecule has 2 aliphatic heterocycles. The zero-order valence-electron chi connectivity index (χ0n) is 10.2. The summed E-state index contributed by atoms with van der Waals surface area (Å²) in [6.07, 6.45) is 1.85. The number of benzene rings is 1. The Balaban J connectivity index is 1.64. The van der Waals surface area contributed by atoms with Crippen LogP contribution in [0.2, 0.25) is 0 Å². The van der Waals surface area contributed by atoms with E-state index in [1.807, 2.05) is 6.07 Å². The summed E-state index contributed by atoms with van der Waals surface area (Å²) < 4.78 is 18.8. The lowest BCUT2D eigenvalue weighted by Gasteiger charge is -2.06. The van der Waals surface area contributed by atoms with Gasteiger partial charge in [0.15, 0.2) is 5.90 Å². The number of nitrogens with one attached hydrogen (secondary N) is 1. The van der Waals surface area contributed by atoms with Gasteiger partial charge in [-0.25, -0.2) is 9.38 Å². The lowest BCUT2D eigenvalue weighted by atomic mass is 10.1. The predicted octanol–water partition coefficient (Wildman–Crippen LogP) is 1.77. The molecule has 2 atom stereocenters. The molecule has 0 radical (unpaired) electrons. The second-order valence-corrected chi connectivity index (χ2v) is 4.96. The van der Waals surface area contributed by atoms with Crippen molar-refractivity contribution in [3.05, 3.63) is 35.6 Å². The van der Waals surface area contributed by atoms with Gasteiger partial charge in [0.1, 0.15) is 12.4 Å². The highest BCUT2D eigenvalue weighted by atomic mass is 19.1. The third-order valence-corrected chi connectivity index (χ3v) is 3.50. The van der Waals surface area contributed by atoms with E-state index in [-0.39, 0.29) is 11.9 Å². The molecular weight excluding hydrogens is 231 g/mol. The molecule has 96 valence electrons. The van der Waals surface area contributed by atoms with Gasteiger partial charge in [-0.05, 0) is 37.1 Å². The normalized spacial score (nSPS) is 27.1. The van der Waals surface area contributed by atoms with Crippen molar-refractivity contribution in [2.45, 2.75) is 18.9 Å². The van der Waals surface area contributed by atoms with E-state index < -0.39 is 0 Å². The molecule has 0 aromatic heterocycles. The van der Waals surface area contributed by atoms with E-state index in [1.165, 1.54) is 6.07 Å². The van der Waals surface area contributed by atoms with Crippen molar-refractivity contribution in [1.29, 1.82) is 0 Å². The van der Waals surface area contributed by atoms with E-state index in [2.05, 4.69) is 10.3 Å². The van der Waals surface area contributed by atoms with E-state index in [0.717, 1.165) is 37.4 Å². The molecule has 1 aromatic carbocycles. The third-order valence-electron chi connectivity index (χ3n) is 3.50. The first-order valence-electron chi connectivity index (χ1n) is 6.47. The molecule has 0 amide bonds. The summed E-state index contributed by atoms with van der Waals surface area (Å²) in [5, 5.41) is 3.31. The first-order valence-corrected chi connectivity index (χ1v) is 6.47. The van der Waals surface area contributed by atoms with Crippen molar-refractivity contribution in [3.63, 3.8) is 0 Å². The zero-order chi connectivity index (χ0) is 12.4. The Bertz CT molecular complexity index is 455. The minimum atomic E-state index is -0.185. The van der Waals surface area contributed by atoms with Gasteiger partial charge in [0.25, 0.3) is 0 Å². The smallest absolute Gasteiger partial charge is 0.188 e. The lowest BCUT2D eigenvalue weighted by molar-refractivity contribution is 0.298. The van der Waals surface area contributed by atoms with Gasteiger partial charge in [0.05, 0.1) is 6.04 Å². The second-order valence-electron chi connectivity index (χ2n) is 4.96. The largest absolute Gasteiger partial charge is 0.478 e. The molecule has 3 nitrogen and oxygen atoms in total. The fraction of sp³-hybridized carbons (Fsp3) is 0.500. The molecule has 4 heteroatoms. The molecule has 0 saturated carbocycles. The van der Waals surface area contributed by atoms with Gasteiger partial charge in [0.2, 0.25) is 0 Å². The summed E-state index contributed by atoms with van der Waals surface area (Å²) in [5.41, 5.74) is 0.984. The highest BCUT2D eigenvalue weighted by Crippen LogP contribution is 2.19. The van der Waals surface area contributed by atoms with E-state index in [0.29, 0.717) is 12.5 Å². The minimum absolute atomic E-state index is 0.141. The lowest BCUT2D eigenvalue weighted by Crippen LogP contribution is -2.17. The Kier molecular flexibility index (Phi) is 3.28. The van der Waals surface area contributed by atoms with Gasteiger partial charge in [-0.3, -0.25) is 0 Å². The van der Waals surface area contributed by atoms with Crippen molar-refractivity contribution in [1.82, 2.24) is 5.32 Å². The molecule has 1 saturated heterocycles. The molecule has 0 aliphatic carbocycles. The molecule has 18 heavy (non-hydrogen) atoms. The van der Waals surface area contributed by atoms with Crippen LogP contribution in [0.15, 0.2) is 29.3 Å². The SMILES string of the molecule is Fc1cccc(CC2COC(C3CCNC3)=N2)c1. The van der Waals surface area contributed by atoms with Gasteiger partial charge < -0.3 is 10.1 Å². The summed E-state index contributed by atoms with van der Waals surface area (Å²) in [4.78, 5) is 4.63. The highest BCUT2D eigenvalue weighted by Gasteiger charge is 2.28. The summed E-state index contributed by atoms with van der Waals surface area (Å²) in [7, 11) is 0. The summed E-state index contributed by atoms with van der Waals surface area (Å²) >= 11 is 0. The maximum Gasteiger partial charge on any atom is 0.188 e. The van der Waals surface area contributed by atoms with E-state index >= 15 is 0 Å². The van der Waals surface area contributed by atoms with Gasteiger partial charge in [-0.2, -0.15) is 0 Å². The average Bonchev–Trinajstić information content (AvgIpc) is 2.98. The fourth-order valence-electron chi connectivity index (χ4n) is 2.57. The molecule has 1 N–H and O–H groups in total. The number of hydrogen-bond acceptors (Lipinski definition) is 3. The number of halogens is 1. The number of hydrogen-bond donors (Lipinski definition) is 1. The molecule has 2 unspecified atom stereocenters. The molecule has 0 spiro atoms. The standard InChI is InChI=1S/C14H17FN2O/c15-12-3-1-2-10(6-12)7-13-9-18-14(17-13)11-4-5-16-8-11/h1-3,6,11,13,16H,4-5,7-9H2.